The number of carbonyl (C=O) groups is 2. The average molecular weight is 230 g/mol. The highest BCUT2D eigenvalue weighted by molar-refractivity contribution is 5.89. The summed E-state index contributed by atoms with van der Waals surface area (Å²) >= 11 is 0. The van der Waals surface area contributed by atoms with Gasteiger partial charge in [-0.3, -0.25) is 4.79 Å². The van der Waals surface area contributed by atoms with Crippen LogP contribution in [0.2, 0.25) is 0 Å². The van der Waals surface area contributed by atoms with Crippen molar-refractivity contribution in [1.29, 1.82) is 0 Å². The first-order chi connectivity index (χ1) is 8.22. The number of nitrogens with zero attached hydrogens (tertiary/aromatic N) is 1. The lowest BCUT2D eigenvalue weighted by molar-refractivity contribution is -0.131. The zero-order chi connectivity index (χ0) is 12.3. The van der Waals surface area contributed by atoms with Gasteiger partial charge in [-0.2, -0.15) is 0 Å². The minimum Gasteiger partial charge on any atom is -0.361 e. The van der Waals surface area contributed by atoms with E-state index in [-0.39, 0.29) is 12.5 Å². The molecule has 0 saturated carbocycles. The van der Waals surface area contributed by atoms with Crippen LogP contribution in [0.15, 0.2) is 30.5 Å². The van der Waals surface area contributed by atoms with Crippen LogP contribution in [-0.2, 0) is 16.0 Å². The van der Waals surface area contributed by atoms with Crippen molar-refractivity contribution in [3.8, 4) is 0 Å². The molecular weight excluding hydrogens is 216 g/mol. The van der Waals surface area contributed by atoms with Crippen LogP contribution in [0, 0.1) is 0 Å². The second kappa shape index (κ2) is 4.82. The van der Waals surface area contributed by atoms with Crippen LogP contribution in [0.3, 0.4) is 0 Å². The molecule has 88 valence electrons. The van der Waals surface area contributed by atoms with Crippen LogP contribution in [0.1, 0.15) is 5.56 Å². The molecule has 0 bridgehead atoms. The maximum Gasteiger partial charge on any atom is 0.227 e. The summed E-state index contributed by atoms with van der Waals surface area (Å²) in [6.07, 6.45) is 2.89. The monoisotopic (exact) mass is 230 g/mol. The third-order valence-electron chi connectivity index (χ3n) is 2.79. The molecule has 1 heterocycles. The molecule has 1 N–H and O–H groups in total. The summed E-state index contributed by atoms with van der Waals surface area (Å²) in [5.74, 6) is -0.0538. The van der Waals surface area contributed by atoms with Gasteiger partial charge in [-0.1, -0.05) is 18.2 Å². The third-order valence-corrected chi connectivity index (χ3v) is 2.79. The van der Waals surface area contributed by atoms with Gasteiger partial charge in [-0.05, 0) is 11.6 Å². The molecule has 0 atom stereocenters. The molecule has 0 saturated heterocycles. The molecule has 4 nitrogen and oxygen atoms in total. The number of aldehydes is 1. The normalized spacial score (nSPS) is 10.4. The number of aromatic nitrogens is 1. The molecule has 1 aromatic heterocycles. The van der Waals surface area contributed by atoms with E-state index in [0.717, 1.165) is 22.8 Å². The van der Waals surface area contributed by atoms with E-state index in [2.05, 4.69) is 4.98 Å². The Hall–Kier alpha value is -2.10. The first-order valence-corrected chi connectivity index (χ1v) is 5.45. The highest BCUT2D eigenvalue weighted by atomic mass is 16.2. The van der Waals surface area contributed by atoms with E-state index >= 15 is 0 Å². The van der Waals surface area contributed by atoms with Crippen molar-refractivity contribution in [2.24, 2.45) is 0 Å². The highest BCUT2D eigenvalue weighted by Crippen LogP contribution is 2.18. The smallest absolute Gasteiger partial charge is 0.227 e. The Morgan fingerprint density at radius 1 is 1.41 bits per heavy atom. The molecule has 4 heteroatoms. The number of benzene rings is 1. The molecule has 0 aliphatic heterocycles. The molecule has 0 fully saturated rings. The maximum atomic E-state index is 11.8. The lowest BCUT2D eigenvalue weighted by atomic mass is 10.1. The Labute approximate surface area is 99.2 Å². The number of nitrogens with one attached hydrogen (secondary N) is 1. The van der Waals surface area contributed by atoms with Gasteiger partial charge in [0.2, 0.25) is 5.91 Å². The zero-order valence-electron chi connectivity index (χ0n) is 9.64. The van der Waals surface area contributed by atoms with Crippen LogP contribution in [0.25, 0.3) is 10.9 Å². The molecule has 2 rings (SSSR count). The summed E-state index contributed by atoms with van der Waals surface area (Å²) in [6.45, 7) is 0.140. The Morgan fingerprint density at radius 2 is 2.18 bits per heavy atom. The molecule has 0 radical (unpaired) electrons. The summed E-state index contributed by atoms with van der Waals surface area (Å²) in [5, 5.41) is 1.06. The Bertz CT molecular complexity index is 545. The van der Waals surface area contributed by atoms with Gasteiger partial charge < -0.3 is 14.7 Å². The summed E-state index contributed by atoms with van der Waals surface area (Å²) in [5.41, 5.74) is 1.98. The number of hydrogen-bond donors (Lipinski definition) is 1. The molecule has 17 heavy (non-hydrogen) atoms. The van der Waals surface area contributed by atoms with Crippen molar-refractivity contribution in [3.05, 3.63) is 36.0 Å². The van der Waals surface area contributed by atoms with Crippen LogP contribution in [0.5, 0.6) is 0 Å². The van der Waals surface area contributed by atoms with E-state index < -0.39 is 0 Å². The predicted molar refractivity (Wildman–Crippen MR) is 65.7 cm³/mol. The molecule has 2 aromatic rings. The zero-order valence-corrected chi connectivity index (χ0v) is 9.64. The molecule has 1 aromatic carbocycles. The number of hydrogen-bond acceptors (Lipinski definition) is 2. The van der Waals surface area contributed by atoms with E-state index in [4.69, 9.17) is 0 Å². The molecule has 0 aliphatic carbocycles. The van der Waals surface area contributed by atoms with Gasteiger partial charge in [0.25, 0.3) is 0 Å². The minimum absolute atomic E-state index is 0.0538. The fraction of sp³-hybridized carbons (Fsp3) is 0.231. The molecule has 0 spiro atoms. The van der Waals surface area contributed by atoms with E-state index in [0.29, 0.717) is 6.42 Å². The fourth-order valence-corrected chi connectivity index (χ4v) is 1.79. The van der Waals surface area contributed by atoms with Gasteiger partial charge >= 0.3 is 0 Å². The van der Waals surface area contributed by atoms with Gasteiger partial charge in [0.05, 0.1) is 13.0 Å². The number of carbonyl (C=O) groups excluding carboxylic acids is 2. The number of para-hydroxylation sites is 1. The van der Waals surface area contributed by atoms with Crippen molar-refractivity contribution in [2.75, 3.05) is 13.6 Å². The maximum absolute atomic E-state index is 11.8. The summed E-state index contributed by atoms with van der Waals surface area (Å²) in [7, 11) is 1.63. The fourth-order valence-electron chi connectivity index (χ4n) is 1.79. The van der Waals surface area contributed by atoms with Crippen LogP contribution in [0.4, 0.5) is 0 Å². The van der Waals surface area contributed by atoms with Crippen LogP contribution in [-0.4, -0.2) is 35.7 Å². The summed E-state index contributed by atoms with van der Waals surface area (Å²) < 4.78 is 0. The van der Waals surface area contributed by atoms with Gasteiger partial charge in [0.1, 0.15) is 6.29 Å². The first kappa shape index (κ1) is 11.4. The number of fused-ring (bicyclic) bond motifs is 1. The largest absolute Gasteiger partial charge is 0.361 e. The first-order valence-electron chi connectivity index (χ1n) is 5.45. The number of rotatable bonds is 4. The number of aromatic amines is 1. The van der Waals surface area contributed by atoms with Gasteiger partial charge in [0.15, 0.2) is 0 Å². The van der Waals surface area contributed by atoms with E-state index in [1.165, 1.54) is 4.90 Å². The molecule has 1 amide bonds. The Morgan fingerprint density at radius 3 is 2.94 bits per heavy atom. The summed E-state index contributed by atoms with van der Waals surface area (Å²) in [4.78, 5) is 26.7. The lowest BCUT2D eigenvalue weighted by Gasteiger charge is -2.12. The van der Waals surface area contributed by atoms with Crippen molar-refractivity contribution >= 4 is 23.1 Å². The second-order valence-corrected chi connectivity index (χ2v) is 3.98. The average Bonchev–Trinajstić information content (AvgIpc) is 2.73. The van der Waals surface area contributed by atoms with Crippen molar-refractivity contribution in [2.45, 2.75) is 6.42 Å². The topological polar surface area (TPSA) is 53.2 Å². The highest BCUT2D eigenvalue weighted by Gasteiger charge is 2.11. The second-order valence-electron chi connectivity index (χ2n) is 3.98. The Balaban J connectivity index is 2.18. The SMILES string of the molecule is CN(CC=O)C(=O)Cc1c[nH]c2ccccc12. The van der Waals surface area contributed by atoms with E-state index in [9.17, 15) is 9.59 Å². The quantitative estimate of drug-likeness (QED) is 0.806. The van der Waals surface area contributed by atoms with Crippen molar-refractivity contribution in [3.63, 3.8) is 0 Å². The number of amides is 1. The summed E-state index contributed by atoms with van der Waals surface area (Å²) in [6, 6.07) is 7.84. The Kier molecular flexibility index (Phi) is 3.23. The van der Waals surface area contributed by atoms with Crippen LogP contribution >= 0.6 is 0 Å². The van der Waals surface area contributed by atoms with Gasteiger partial charge in [0, 0.05) is 24.1 Å². The van der Waals surface area contributed by atoms with E-state index in [1.807, 2.05) is 30.5 Å². The lowest BCUT2D eigenvalue weighted by Crippen LogP contribution is -2.29. The minimum atomic E-state index is -0.0538. The predicted octanol–water partition coefficient (Wildman–Crippen LogP) is 1.37. The number of likely N-dealkylation sites (N-methyl/N-ethyl adjacent to an activating group) is 1. The van der Waals surface area contributed by atoms with Crippen molar-refractivity contribution < 1.29 is 9.59 Å². The van der Waals surface area contributed by atoms with Gasteiger partial charge in [-0.15, -0.1) is 0 Å². The van der Waals surface area contributed by atoms with Gasteiger partial charge in [-0.25, -0.2) is 0 Å². The van der Waals surface area contributed by atoms with Crippen LogP contribution < -0.4 is 0 Å². The molecule has 0 aliphatic rings. The molecular formula is C13H14N2O2. The number of H-pyrrole nitrogens is 1. The van der Waals surface area contributed by atoms with Crippen molar-refractivity contribution in [1.82, 2.24) is 9.88 Å². The van der Waals surface area contributed by atoms with E-state index in [1.54, 1.807) is 7.05 Å². The third kappa shape index (κ3) is 2.36. The standard InChI is InChI=1S/C13H14N2O2/c1-15(6-7-16)13(17)8-10-9-14-12-5-3-2-4-11(10)12/h2-5,7,9,14H,6,8H2,1H3. The molecule has 0 unspecified atom stereocenters.